The Morgan fingerprint density at radius 2 is 2.16 bits per heavy atom. The van der Waals surface area contributed by atoms with Gasteiger partial charge in [-0.05, 0) is 34.5 Å². The third-order valence-electron chi connectivity index (χ3n) is 2.88. The van der Waals surface area contributed by atoms with Gasteiger partial charge in [0.25, 0.3) is 5.56 Å². The van der Waals surface area contributed by atoms with Crippen molar-refractivity contribution in [3.8, 4) is 0 Å². The second-order valence-corrected chi connectivity index (χ2v) is 5.37. The fourth-order valence-corrected chi connectivity index (χ4v) is 2.36. The number of nitrogens with two attached hydrogens (primary N) is 1. The smallest absolute Gasteiger partial charge is 0.265 e. The van der Waals surface area contributed by atoms with Gasteiger partial charge in [-0.2, -0.15) is 0 Å². The van der Waals surface area contributed by atoms with E-state index < -0.39 is 5.82 Å². The lowest BCUT2D eigenvalue weighted by Gasteiger charge is -2.11. The van der Waals surface area contributed by atoms with Crippen LogP contribution < -0.4 is 11.3 Å². The molecule has 0 saturated carbocycles. The monoisotopic (exact) mass is 344 g/mol. The molecule has 0 aliphatic rings. The molecule has 1 aromatic heterocycles. The fraction of sp³-hybridized carbons (Fsp3) is 0.154. The van der Waals surface area contributed by atoms with Crippen molar-refractivity contribution in [2.24, 2.45) is 0 Å². The first kappa shape index (κ1) is 14.1. The van der Waals surface area contributed by atoms with Crippen LogP contribution in [0.25, 0.3) is 0 Å². The molecule has 0 radical (unpaired) electrons. The van der Waals surface area contributed by atoms with Crippen molar-refractivity contribution < 1.29 is 4.39 Å². The highest BCUT2D eigenvalue weighted by Crippen LogP contribution is 2.20. The van der Waals surface area contributed by atoms with Crippen molar-refractivity contribution >= 4 is 33.2 Å². The van der Waals surface area contributed by atoms with Gasteiger partial charge in [-0.3, -0.25) is 4.79 Å². The highest BCUT2D eigenvalue weighted by Gasteiger charge is 2.11. The summed E-state index contributed by atoms with van der Waals surface area (Å²) in [6.07, 6.45) is 1.50. The Morgan fingerprint density at radius 1 is 1.47 bits per heavy atom. The van der Waals surface area contributed by atoms with Crippen LogP contribution in [0.15, 0.2) is 33.7 Å². The number of pyridine rings is 1. The zero-order chi connectivity index (χ0) is 14.2. The summed E-state index contributed by atoms with van der Waals surface area (Å²) in [5.41, 5.74) is 7.02. The molecular weight excluding hydrogens is 335 g/mol. The van der Waals surface area contributed by atoms with Gasteiger partial charge >= 0.3 is 0 Å². The second kappa shape index (κ2) is 5.35. The molecule has 0 bridgehead atoms. The van der Waals surface area contributed by atoms with Crippen LogP contribution in [0.1, 0.15) is 11.1 Å². The minimum Gasteiger partial charge on any atom is -0.397 e. The molecule has 1 heterocycles. The van der Waals surface area contributed by atoms with Gasteiger partial charge in [0.15, 0.2) is 0 Å². The van der Waals surface area contributed by atoms with E-state index in [1.54, 1.807) is 19.1 Å². The van der Waals surface area contributed by atoms with Crippen LogP contribution in [-0.2, 0) is 6.54 Å². The predicted octanol–water partition coefficient (Wildman–Crippen LogP) is 3.34. The van der Waals surface area contributed by atoms with Gasteiger partial charge in [0.05, 0.1) is 21.7 Å². The minimum atomic E-state index is -0.522. The second-order valence-electron chi connectivity index (χ2n) is 4.17. The van der Waals surface area contributed by atoms with E-state index in [0.29, 0.717) is 21.3 Å². The van der Waals surface area contributed by atoms with Crippen LogP contribution in [0.3, 0.4) is 0 Å². The summed E-state index contributed by atoms with van der Waals surface area (Å²) in [7, 11) is 0. The number of aromatic nitrogens is 1. The maximum absolute atomic E-state index is 13.8. The maximum atomic E-state index is 13.8. The van der Waals surface area contributed by atoms with Crippen LogP contribution in [0, 0.1) is 12.7 Å². The first-order chi connectivity index (χ1) is 8.91. The molecule has 0 unspecified atom stereocenters. The van der Waals surface area contributed by atoms with E-state index in [2.05, 4.69) is 15.9 Å². The normalized spacial score (nSPS) is 10.7. The molecular formula is C13H11BrClFN2O. The topological polar surface area (TPSA) is 48.0 Å². The average Bonchev–Trinajstić information content (AvgIpc) is 2.38. The molecule has 6 heteroatoms. The first-order valence-corrected chi connectivity index (χ1v) is 6.66. The predicted molar refractivity (Wildman–Crippen MR) is 78.1 cm³/mol. The summed E-state index contributed by atoms with van der Waals surface area (Å²) < 4.78 is 15.5. The van der Waals surface area contributed by atoms with E-state index in [9.17, 15) is 9.18 Å². The standard InChI is InChI=1S/C13H11BrClFN2O/c1-7-10(17)6-18(13(19)11(7)14)5-8-3-2-4-9(15)12(8)16/h2-4,6H,5,17H2,1H3. The molecule has 0 saturated heterocycles. The molecule has 0 aliphatic heterocycles. The largest absolute Gasteiger partial charge is 0.397 e. The van der Waals surface area contributed by atoms with E-state index in [-0.39, 0.29) is 17.1 Å². The van der Waals surface area contributed by atoms with Crippen LogP contribution in [0.4, 0.5) is 10.1 Å². The van der Waals surface area contributed by atoms with E-state index >= 15 is 0 Å². The molecule has 19 heavy (non-hydrogen) atoms. The summed E-state index contributed by atoms with van der Waals surface area (Å²) >= 11 is 8.91. The molecule has 0 spiro atoms. The van der Waals surface area contributed by atoms with Crippen LogP contribution in [0.5, 0.6) is 0 Å². The lowest BCUT2D eigenvalue weighted by atomic mass is 10.2. The third-order valence-corrected chi connectivity index (χ3v) is 4.10. The number of anilines is 1. The molecule has 100 valence electrons. The Morgan fingerprint density at radius 3 is 2.84 bits per heavy atom. The molecule has 3 nitrogen and oxygen atoms in total. The summed E-state index contributed by atoms with van der Waals surface area (Å²) in [5.74, 6) is -0.522. The Labute approximate surface area is 122 Å². The highest BCUT2D eigenvalue weighted by molar-refractivity contribution is 9.10. The SMILES string of the molecule is Cc1c(N)cn(Cc2cccc(Cl)c2F)c(=O)c1Br. The van der Waals surface area contributed by atoms with Gasteiger partial charge in [0.1, 0.15) is 5.82 Å². The summed E-state index contributed by atoms with van der Waals surface area (Å²) in [4.78, 5) is 12.0. The fourth-order valence-electron chi connectivity index (χ4n) is 1.71. The molecule has 2 aromatic rings. The number of hydrogen-bond donors (Lipinski definition) is 1. The van der Waals surface area contributed by atoms with Gasteiger partial charge in [-0.25, -0.2) is 4.39 Å². The van der Waals surface area contributed by atoms with Gasteiger partial charge in [-0.1, -0.05) is 23.7 Å². The van der Waals surface area contributed by atoms with Gasteiger partial charge in [0, 0.05) is 11.8 Å². The Bertz CT molecular complexity index is 700. The lowest BCUT2D eigenvalue weighted by Crippen LogP contribution is -2.23. The number of rotatable bonds is 2. The van der Waals surface area contributed by atoms with Gasteiger partial charge < -0.3 is 10.3 Å². The van der Waals surface area contributed by atoms with Crippen LogP contribution in [0.2, 0.25) is 5.02 Å². The molecule has 0 amide bonds. The van der Waals surface area contributed by atoms with Gasteiger partial charge in [0.2, 0.25) is 0 Å². The molecule has 2 N–H and O–H groups in total. The van der Waals surface area contributed by atoms with E-state index in [0.717, 1.165) is 0 Å². The van der Waals surface area contributed by atoms with Crippen molar-refractivity contribution in [2.45, 2.75) is 13.5 Å². The lowest BCUT2D eigenvalue weighted by molar-refractivity contribution is 0.596. The first-order valence-electron chi connectivity index (χ1n) is 5.49. The zero-order valence-corrected chi connectivity index (χ0v) is 12.4. The van der Waals surface area contributed by atoms with Gasteiger partial charge in [-0.15, -0.1) is 0 Å². The van der Waals surface area contributed by atoms with Crippen molar-refractivity contribution in [2.75, 3.05) is 5.73 Å². The van der Waals surface area contributed by atoms with Crippen molar-refractivity contribution in [3.63, 3.8) is 0 Å². The molecule has 2 rings (SSSR count). The number of nitrogens with zero attached hydrogens (tertiary/aromatic N) is 1. The Balaban J connectivity index is 2.50. The summed E-state index contributed by atoms with van der Waals surface area (Å²) in [6.45, 7) is 1.82. The van der Waals surface area contributed by atoms with Crippen molar-refractivity contribution in [3.05, 3.63) is 61.2 Å². The quantitative estimate of drug-likeness (QED) is 0.907. The molecule has 0 aliphatic carbocycles. The van der Waals surface area contributed by atoms with E-state index in [1.165, 1.54) is 16.8 Å². The van der Waals surface area contributed by atoms with E-state index in [1.807, 2.05) is 0 Å². The Kier molecular flexibility index (Phi) is 3.96. The molecule has 0 atom stereocenters. The molecule has 0 fully saturated rings. The summed E-state index contributed by atoms with van der Waals surface area (Å²) in [6, 6.07) is 4.68. The highest BCUT2D eigenvalue weighted by atomic mass is 79.9. The third kappa shape index (κ3) is 2.67. The van der Waals surface area contributed by atoms with Crippen molar-refractivity contribution in [1.82, 2.24) is 4.57 Å². The van der Waals surface area contributed by atoms with Crippen LogP contribution in [-0.4, -0.2) is 4.57 Å². The maximum Gasteiger partial charge on any atom is 0.265 e. The van der Waals surface area contributed by atoms with Crippen LogP contribution >= 0.6 is 27.5 Å². The van der Waals surface area contributed by atoms with E-state index in [4.69, 9.17) is 17.3 Å². The number of hydrogen-bond acceptors (Lipinski definition) is 2. The minimum absolute atomic E-state index is 0.0321. The average molecular weight is 346 g/mol. The number of nitrogen functional groups attached to an aromatic ring is 1. The number of halogens is 3. The zero-order valence-electron chi connectivity index (χ0n) is 10.1. The summed E-state index contributed by atoms with van der Waals surface area (Å²) in [5, 5.41) is 0.0321. The Hall–Kier alpha value is -1.33. The van der Waals surface area contributed by atoms with Crippen molar-refractivity contribution in [1.29, 1.82) is 0 Å². The number of benzene rings is 1. The molecule has 1 aromatic carbocycles.